The molecule has 0 radical (unpaired) electrons. The van der Waals surface area contributed by atoms with Crippen molar-refractivity contribution in [3.05, 3.63) is 158 Å². The Kier molecular flexibility index (Phi) is 5.86. The summed E-state index contributed by atoms with van der Waals surface area (Å²) >= 11 is 0. The van der Waals surface area contributed by atoms with E-state index in [1.54, 1.807) is 0 Å². The van der Waals surface area contributed by atoms with E-state index >= 15 is 0 Å². The first-order valence-electron chi connectivity index (χ1n) is 16.9. The molecule has 0 unspecified atom stereocenters. The molecule has 238 valence electrons. The van der Waals surface area contributed by atoms with E-state index in [1.807, 2.05) is 72.8 Å². The second kappa shape index (κ2) is 10.7. The second-order valence-corrected chi connectivity index (χ2v) is 12.8. The van der Waals surface area contributed by atoms with Crippen LogP contribution in [0.2, 0.25) is 0 Å². The van der Waals surface area contributed by atoms with Crippen LogP contribution < -0.4 is 0 Å². The normalized spacial score (nSPS) is 11.9. The van der Waals surface area contributed by atoms with Crippen LogP contribution >= 0.6 is 0 Å². The molecular formula is C45H26N4O2. The zero-order valence-corrected chi connectivity index (χ0v) is 27.1. The minimum absolute atomic E-state index is 0.583. The van der Waals surface area contributed by atoms with Crippen molar-refractivity contribution in [3.63, 3.8) is 0 Å². The third kappa shape index (κ3) is 4.20. The van der Waals surface area contributed by atoms with Gasteiger partial charge >= 0.3 is 0 Å². The Morgan fingerprint density at radius 1 is 0.412 bits per heavy atom. The van der Waals surface area contributed by atoms with Crippen molar-refractivity contribution >= 4 is 65.7 Å². The van der Waals surface area contributed by atoms with E-state index in [0.29, 0.717) is 17.5 Å². The van der Waals surface area contributed by atoms with Gasteiger partial charge in [0.05, 0.1) is 11.0 Å². The lowest BCUT2D eigenvalue weighted by atomic mass is 10.1. The lowest BCUT2D eigenvalue weighted by molar-refractivity contribution is 0.669. The molecule has 0 N–H and O–H groups in total. The van der Waals surface area contributed by atoms with Crippen LogP contribution in [0.4, 0.5) is 0 Å². The summed E-state index contributed by atoms with van der Waals surface area (Å²) in [5.41, 5.74) is 9.15. The summed E-state index contributed by atoms with van der Waals surface area (Å²) in [4.78, 5) is 15.3. The molecule has 0 aliphatic heterocycles. The van der Waals surface area contributed by atoms with Gasteiger partial charge in [-0.2, -0.15) is 0 Å². The molecule has 0 amide bonds. The van der Waals surface area contributed by atoms with Gasteiger partial charge in [-0.05, 0) is 42.5 Å². The maximum atomic E-state index is 6.60. The highest BCUT2D eigenvalue weighted by Crippen LogP contribution is 2.41. The van der Waals surface area contributed by atoms with Crippen molar-refractivity contribution in [2.24, 2.45) is 0 Å². The Bertz CT molecular complexity index is 3150. The fourth-order valence-electron chi connectivity index (χ4n) is 7.59. The number of benzene rings is 7. The van der Waals surface area contributed by atoms with Crippen LogP contribution in [0.25, 0.3) is 106 Å². The summed E-state index contributed by atoms with van der Waals surface area (Å²) in [6.07, 6.45) is 0. The average molecular weight is 655 g/mol. The summed E-state index contributed by atoms with van der Waals surface area (Å²) in [6.45, 7) is 0. The van der Waals surface area contributed by atoms with Gasteiger partial charge in [0.2, 0.25) is 0 Å². The maximum Gasteiger partial charge on any atom is 0.164 e. The molecule has 0 aliphatic rings. The van der Waals surface area contributed by atoms with Crippen molar-refractivity contribution in [1.82, 2.24) is 19.5 Å². The highest BCUT2D eigenvalue weighted by molar-refractivity contribution is 6.21. The monoisotopic (exact) mass is 654 g/mol. The fourth-order valence-corrected chi connectivity index (χ4v) is 7.59. The largest absolute Gasteiger partial charge is 0.456 e. The van der Waals surface area contributed by atoms with Crippen LogP contribution in [0.5, 0.6) is 0 Å². The summed E-state index contributed by atoms with van der Waals surface area (Å²) in [6, 6.07) is 53.8. The molecule has 51 heavy (non-hydrogen) atoms. The van der Waals surface area contributed by atoms with E-state index in [4.69, 9.17) is 23.8 Å². The van der Waals surface area contributed by atoms with E-state index in [1.165, 1.54) is 0 Å². The summed E-state index contributed by atoms with van der Waals surface area (Å²) in [5.74, 6) is 1.77. The minimum atomic E-state index is 0.583. The number of rotatable bonds is 4. The van der Waals surface area contributed by atoms with E-state index < -0.39 is 0 Å². The molecule has 4 heterocycles. The van der Waals surface area contributed by atoms with Gasteiger partial charge in [0.1, 0.15) is 16.7 Å². The Morgan fingerprint density at radius 3 is 1.90 bits per heavy atom. The minimum Gasteiger partial charge on any atom is -0.456 e. The lowest BCUT2D eigenvalue weighted by Crippen LogP contribution is -2.01. The number of para-hydroxylation sites is 3. The topological polar surface area (TPSA) is 69.9 Å². The molecule has 0 atom stereocenters. The predicted octanol–water partition coefficient (Wildman–Crippen LogP) is 11.8. The molecule has 6 nitrogen and oxygen atoms in total. The Hall–Kier alpha value is -7.05. The molecule has 0 aliphatic carbocycles. The van der Waals surface area contributed by atoms with E-state index in [-0.39, 0.29) is 0 Å². The van der Waals surface area contributed by atoms with Gasteiger partial charge in [-0.15, -0.1) is 0 Å². The summed E-state index contributed by atoms with van der Waals surface area (Å²) < 4.78 is 15.1. The Labute approximate surface area is 290 Å². The molecule has 11 rings (SSSR count). The molecular weight excluding hydrogens is 629 g/mol. The standard InChI is InChI=1S/C45H26N4O2/c1-2-12-27(13-3-1)43-46-44(48-45(47-43)35-19-11-23-39-40(35)34-18-6-9-22-38(34)50-39)28-14-10-15-29(26-28)49-36-20-7-4-16-30(36)32-24-25-33-31-17-5-8-21-37(31)51-42(33)41(32)49/h1-26H. The number of fused-ring (bicyclic) bond motifs is 10. The quantitative estimate of drug-likeness (QED) is 0.189. The maximum absolute atomic E-state index is 6.60. The molecule has 7 aromatic carbocycles. The smallest absolute Gasteiger partial charge is 0.164 e. The molecule has 0 saturated carbocycles. The number of furan rings is 2. The fraction of sp³-hybridized carbons (Fsp3) is 0. The van der Waals surface area contributed by atoms with Gasteiger partial charge in [0, 0.05) is 54.7 Å². The predicted molar refractivity (Wildman–Crippen MR) is 205 cm³/mol. The van der Waals surface area contributed by atoms with Crippen LogP contribution in [0.1, 0.15) is 0 Å². The molecule has 11 aromatic rings. The molecule has 0 bridgehead atoms. The molecule has 4 aromatic heterocycles. The van der Waals surface area contributed by atoms with Gasteiger partial charge in [0.15, 0.2) is 23.1 Å². The Morgan fingerprint density at radius 2 is 1.04 bits per heavy atom. The van der Waals surface area contributed by atoms with Gasteiger partial charge in [-0.1, -0.05) is 115 Å². The molecule has 0 saturated heterocycles. The number of hydrogen-bond donors (Lipinski definition) is 0. The van der Waals surface area contributed by atoms with Crippen LogP contribution in [-0.4, -0.2) is 19.5 Å². The zero-order valence-electron chi connectivity index (χ0n) is 27.1. The van der Waals surface area contributed by atoms with Crippen molar-refractivity contribution in [2.45, 2.75) is 0 Å². The van der Waals surface area contributed by atoms with Crippen LogP contribution in [-0.2, 0) is 0 Å². The van der Waals surface area contributed by atoms with Gasteiger partial charge < -0.3 is 13.4 Å². The average Bonchev–Trinajstić information content (AvgIpc) is 3.88. The second-order valence-electron chi connectivity index (χ2n) is 12.8. The highest BCUT2D eigenvalue weighted by atomic mass is 16.3. The highest BCUT2D eigenvalue weighted by Gasteiger charge is 2.21. The first-order chi connectivity index (χ1) is 25.3. The van der Waals surface area contributed by atoms with E-state index in [0.717, 1.165) is 88.1 Å². The van der Waals surface area contributed by atoms with Crippen molar-refractivity contribution in [3.8, 4) is 39.9 Å². The van der Waals surface area contributed by atoms with Gasteiger partial charge in [-0.25, -0.2) is 15.0 Å². The summed E-state index contributed by atoms with van der Waals surface area (Å²) in [5, 5.41) is 6.50. The third-order valence-electron chi connectivity index (χ3n) is 9.85. The SMILES string of the molecule is c1ccc(-c2nc(-c3cccc(-n4c5ccccc5c5ccc6c7ccccc7oc6c54)c3)nc(-c3cccc4oc5ccccc5c34)n2)cc1. The Balaban J connectivity index is 1.17. The lowest BCUT2D eigenvalue weighted by Gasteiger charge is -2.12. The first kappa shape index (κ1) is 27.9. The van der Waals surface area contributed by atoms with E-state index in [9.17, 15) is 0 Å². The van der Waals surface area contributed by atoms with E-state index in [2.05, 4.69) is 89.5 Å². The van der Waals surface area contributed by atoms with Gasteiger partial charge in [-0.3, -0.25) is 0 Å². The number of aromatic nitrogens is 4. The van der Waals surface area contributed by atoms with Crippen molar-refractivity contribution in [1.29, 1.82) is 0 Å². The molecule has 0 spiro atoms. The number of hydrogen-bond acceptors (Lipinski definition) is 5. The first-order valence-corrected chi connectivity index (χ1v) is 16.9. The summed E-state index contributed by atoms with van der Waals surface area (Å²) in [7, 11) is 0. The van der Waals surface area contributed by atoms with Gasteiger partial charge in [0.25, 0.3) is 0 Å². The molecule has 6 heteroatoms. The third-order valence-corrected chi connectivity index (χ3v) is 9.85. The zero-order chi connectivity index (χ0) is 33.5. The van der Waals surface area contributed by atoms with Crippen LogP contribution in [0, 0.1) is 0 Å². The van der Waals surface area contributed by atoms with Crippen molar-refractivity contribution < 1.29 is 8.83 Å². The van der Waals surface area contributed by atoms with Crippen LogP contribution in [0.15, 0.2) is 167 Å². The number of nitrogens with zero attached hydrogens (tertiary/aromatic N) is 4. The van der Waals surface area contributed by atoms with Crippen molar-refractivity contribution in [2.75, 3.05) is 0 Å². The van der Waals surface area contributed by atoms with Crippen LogP contribution in [0.3, 0.4) is 0 Å². The molecule has 0 fully saturated rings.